The summed E-state index contributed by atoms with van der Waals surface area (Å²) < 4.78 is 29.2. The van der Waals surface area contributed by atoms with Crippen molar-refractivity contribution in [2.24, 2.45) is 7.05 Å². The van der Waals surface area contributed by atoms with Gasteiger partial charge in [-0.05, 0) is 35.0 Å². The fraction of sp³-hybridized carbons (Fsp3) is 0.429. The Bertz CT molecular complexity index is 917. The molecule has 1 aliphatic rings. The Balaban J connectivity index is 1.72. The lowest BCUT2D eigenvalue weighted by atomic mass is 10.2. The Morgan fingerprint density at radius 3 is 2.40 bits per heavy atom. The number of carbonyl (C=O) groups excluding carboxylic acids is 1. The van der Waals surface area contributed by atoms with E-state index < -0.39 is 10.0 Å². The summed E-state index contributed by atoms with van der Waals surface area (Å²) in [4.78, 5) is 14.3. The van der Waals surface area contributed by atoms with E-state index in [1.165, 1.54) is 20.3 Å². The highest BCUT2D eigenvalue weighted by molar-refractivity contribution is 9.11. The monoisotopic (exact) mass is 466 g/mol. The van der Waals surface area contributed by atoms with Gasteiger partial charge in [0.15, 0.2) is 0 Å². The van der Waals surface area contributed by atoms with Gasteiger partial charge in [-0.2, -0.15) is 9.40 Å². The average molecular weight is 468 g/mol. The summed E-state index contributed by atoms with van der Waals surface area (Å²) in [6.45, 7) is 2.86. The third kappa shape index (κ3) is 3.50. The number of carbonyl (C=O) groups is 1. The Morgan fingerprint density at radius 2 is 1.92 bits per heavy atom. The van der Waals surface area contributed by atoms with E-state index in [1.54, 1.807) is 31.0 Å². The molecule has 0 radical (unpaired) electrons. The Labute approximate surface area is 163 Å². The summed E-state index contributed by atoms with van der Waals surface area (Å²) in [5, 5.41) is 4.44. The van der Waals surface area contributed by atoms with Crippen LogP contribution in [0.3, 0.4) is 0 Å². The molecule has 2 aromatic rings. The summed E-state index contributed by atoms with van der Waals surface area (Å²) in [6.07, 6.45) is 0. The van der Waals surface area contributed by atoms with E-state index in [4.69, 9.17) is 11.6 Å². The minimum absolute atomic E-state index is 0.216. The molecule has 1 amide bonds. The Hall–Kier alpha value is -0.940. The maximum atomic E-state index is 12.7. The molecule has 1 saturated heterocycles. The summed E-state index contributed by atoms with van der Waals surface area (Å²) in [7, 11) is -1.85. The first kappa shape index (κ1) is 18.8. The second-order valence-corrected chi connectivity index (χ2v) is 10.6. The third-order valence-electron chi connectivity index (χ3n) is 4.03. The van der Waals surface area contributed by atoms with Crippen molar-refractivity contribution < 1.29 is 13.2 Å². The van der Waals surface area contributed by atoms with Crippen LogP contribution >= 0.6 is 38.9 Å². The van der Waals surface area contributed by atoms with Gasteiger partial charge in [-0.15, -0.1) is 11.3 Å². The van der Waals surface area contributed by atoms with E-state index in [1.807, 2.05) is 0 Å². The smallest absolute Gasteiger partial charge is 0.258 e. The zero-order valence-corrected chi connectivity index (χ0v) is 17.5. The van der Waals surface area contributed by atoms with Crippen LogP contribution in [0.4, 0.5) is 0 Å². The van der Waals surface area contributed by atoms with Crippen molar-refractivity contribution in [1.29, 1.82) is 0 Å². The van der Waals surface area contributed by atoms with Crippen LogP contribution in [0.15, 0.2) is 20.1 Å². The zero-order valence-electron chi connectivity index (χ0n) is 13.6. The quantitative estimate of drug-likeness (QED) is 0.694. The zero-order chi connectivity index (χ0) is 18.4. The van der Waals surface area contributed by atoms with Crippen LogP contribution in [-0.4, -0.2) is 59.5 Å². The first-order valence-corrected chi connectivity index (χ1v) is 10.9. The van der Waals surface area contributed by atoms with Gasteiger partial charge in [0.2, 0.25) is 0 Å². The fourth-order valence-corrected chi connectivity index (χ4v) is 6.57. The topological polar surface area (TPSA) is 75.5 Å². The molecule has 0 unspecified atom stereocenters. The number of aryl methyl sites for hydroxylation is 2. The van der Waals surface area contributed by atoms with Gasteiger partial charge in [-0.1, -0.05) is 11.6 Å². The molecule has 0 aliphatic carbocycles. The van der Waals surface area contributed by atoms with Crippen LogP contribution in [0.2, 0.25) is 5.15 Å². The molecule has 3 heterocycles. The first-order chi connectivity index (χ1) is 11.7. The van der Waals surface area contributed by atoms with Gasteiger partial charge in [0.25, 0.3) is 15.9 Å². The van der Waals surface area contributed by atoms with Crippen molar-refractivity contribution in [1.82, 2.24) is 19.0 Å². The molecule has 0 bridgehead atoms. The number of amides is 1. The second-order valence-electron chi connectivity index (χ2n) is 5.63. The van der Waals surface area contributed by atoms with E-state index in [0.717, 1.165) is 3.79 Å². The number of halogens is 2. The molecular weight excluding hydrogens is 452 g/mol. The van der Waals surface area contributed by atoms with Crippen molar-refractivity contribution in [2.45, 2.75) is 11.1 Å². The number of thiophene rings is 1. The van der Waals surface area contributed by atoms with Crippen LogP contribution in [0, 0.1) is 6.92 Å². The highest BCUT2D eigenvalue weighted by Gasteiger charge is 2.33. The van der Waals surface area contributed by atoms with Gasteiger partial charge in [-0.25, -0.2) is 8.42 Å². The van der Waals surface area contributed by atoms with Crippen molar-refractivity contribution in [3.63, 3.8) is 0 Å². The van der Waals surface area contributed by atoms with Crippen molar-refractivity contribution in [3.8, 4) is 0 Å². The van der Waals surface area contributed by atoms with Crippen LogP contribution in [-0.2, 0) is 17.1 Å². The summed E-state index contributed by atoms with van der Waals surface area (Å²) >= 11 is 10.6. The first-order valence-electron chi connectivity index (χ1n) is 7.45. The molecule has 0 aromatic carbocycles. The molecule has 25 heavy (non-hydrogen) atoms. The van der Waals surface area contributed by atoms with Crippen LogP contribution < -0.4 is 0 Å². The standard InChI is InChI=1S/C14H16BrClN4O3S2/c1-9-12(13(16)18(2)17-9)14(21)19-5-7-20(8-6-19)25(22,23)11-4-3-10(15)24-11/h3-4H,5-8H2,1-2H3. The molecule has 1 fully saturated rings. The highest BCUT2D eigenvalue weighted by atomic mass is 79.9. The van der Waals surface area contributed by atoms with Crippen LogP contribution in [0.5, 0.6) is 0 Å². The number of hydrogen-bond donors (Lipinski definition) is 0. The van der Waals surface area contributed by atoms with E-state index in [-0.39, 0.29) is 19.0 Å². The van der Waals surface area contributed by atoms with Gasteiger partial charge in [0.05, 0.1) is 15.0 Å². The minimum atomic E-state index is -3.53. The van der Waals surface area contributed by atoms with Gasteiger partial charge in [0.1, 0.15) is 9.36 Å². The molecule has 1 aliphatic heterocycles. The summed E-state index contributed by atoms with van der Waals surface area (Å²) in [5.41, 5.74) is 0.943. The van der Waals surface area contributed by atoms with Crippen molar-refractivity contribution >= 4 is 54.8 Å². The molecule has 0 N–H and O–H groups in total. The number of rotatable bonds is 3. The predicted molar refractivity (Wildman–Crippen MR) is 99.6 cm³/mol. The van der Waals surface area contributed by atoms with Gasteiger partial charge in [-0.3, -0.25) is 9.48 Å². The second kappa shape index (κ2) is 6.99. The van der Waals surface area contributed by atoms with Crippen molar-refractivity contribution in [2.75, 3.05) is 26.2 Å². The summed E-state index contributed by atoms with van der Waals surface area (Å²) in [5.74, 6) is -0.216. The maximum Gasteiger partial charge on any atom is 0.258 e. The highest BCUT2D eigenvalue weighted by Crippen LogP contribution is 2.29. The van der Waals surface area contributed by atoms with E-state index in [0.29, 0.717) is 33.7 Å². The molecule has 0 saturated carbocycles. The Morgan fingerprint density at radius 1 is 1.28 bits per heavy atom. The number of hydrogen-bond acceptors (Lipinski definition) is 5. The molecule has 0 spiro atoms. The molecule has 11 heteroatoms. The number of sulfonamides is 1. The van der Waals surface area contributed by atoms with Crippen LogP contribution in [0.25, 0.3) is 0 Å². The predicted octanol–water partition coefficient (Wildman–Crippen LogP) is 2.35. The molecule has 7 nitrogen and oxygen atoms in total. The Kier molecular flexibility index (Phi) is 5.27. The molecular formula is C14H16BrClN4O3S2. The van der Waals surface area contributed by atoms with E-state index in [2.05, 4.69) is 21.0 Å². The SMILES string of the molecule is Cc1nn(C)c(Cl)c1C(=O)N1CCN(S(=O)(=O)c2ccc(Br)s2)CC1. The molecule has 2 aromatic heterocycles. The molecule has 136 valence electrons. The van der Waals surface area contributed by atoms with Crippen molar-refractivity contribution in [3.05, 3.63) is 32.3 Å². The maximum absolute atomic E-state index is 12.7. The van der Waals surface area contributed by atoms with E-state index in [9.17, 15) is 13.2 Å². The largest absolute Gasteiger partial charge is 0.336 e. The van der Waals surface area contributed by atoms with E-state index >= 15 is 0 Å². The lowest BCUT2D eigenvalue weighted by molar-refractivity contribution is 0.0697. The molecule has 3 rings (SSSR count). The summed E-state index contributed by atoms with van der Waals surface area (Å²) in [6, 6.07) is 3.30. The average Bonchev–Trinajstić information content (AvgIpc) is 3.11. The number of nitrogens with zero attached hydrogens (tertiary/aromatic N) is 4. The third-order valence-corrected chi connectivity index (χ3v) is 8.46. The van der Waals surface area contributed by atoms with Crippen LogP contribution in [0.1, 0.15) is 16.1 Å². The lowest BCUT2D eigenvalue weighted by Gasteiger charge is -2.33. The molecule has 0 atom stereocenters. The fourth-order valence-electron chi connectivity index (χ4n) is 2.73. The lowest BCUT2D eigenvalue weighted by Crippen LogP contribution is -2.50. The minimum Gasteiger partial charge on any atom is -0.336 e. The van der Waals surface area contributed by atoms with Gasteiger partial charge in [0, 0.05) is 33.2 Å². The number of aromatic nitrogens is 2. The van der Waals surface area contributed by atoms with Gasteiger partial charge < -0.3 is 4.90 Å². The van der Waals surface area contributed by atoms with Gasteiger partial charge >= 0.3 is 0 Å². The number of piperazine rings is 1. The normalized spacial score (nSPS) is 16.4.